The van der Waals surface area contributed by atoms with Crippen molar-refractivity contribution in [3.05, 3.63) is 18.3 Å². The fourth-order valence-corrected chi connectivity index (χ4v) is 2.27. The van der Waals surface area contributed by atoms with Gasteiger partial charge >= 0.3 is 0 Å². The Labute approximate surface area is 115 Å². The monoisotopic (exact) mass is 279 g/mol. The van der Waals surface area contributed by atoms with Crippen LogP contribution in [-0.4, -0.2) is 44.7 Å². The van der Waals surface area contributed by atoms with Crippen LogP contribution in [-0.2, 0) is 0 Å². The Balaban J connectivity index is 2.28. The fraction of sp³-hybridized carbons (Fsp3) is 0.417. The zero-order valence-corrected chi connectivity index (χ0v) is 11.5. The Morgan fingerprint density at radius 2 is 2.32 bits per heavy atom. The van der Waals surface area contributed by atoms with Gasteiger partial charge in [-0.1, -0.05) is 0 Å². The first-order chi connectivity index (χ1) is 9.24. The van der Waals surface area contributed by atoms with Crippen LogP contribution in [0.4, 0.5) is 11.8 Å². The molecule has 0 amide bonds. The molecule has 0 unspecified atom stereocenters. The second-order valence-corrected chi connectivity index (χ2v) is 5.09. The number of aromatic nitrogens is 3. The van der Waals surface area contributed by atoms with Gasteiger partial charge in [0.05, 0.1) is 18.2 Å². The molecule has 7 heteroatoms. The van der Waals surface area contributed by atoms with Crippen molar-refractivity contribution in [3.8, 4) is 0 Å². The lowest BCUT2D eigenvalue weighted by atomic mass is 10.2. The third kappa shape index (κ3) is 3.45. The van der Waals surface area contributed by atoms with Gasteiger partial charge in [0.1, 0.15) is 5.52 Å². The number of hydrogen-bond donors (Lipinski definition) is 3. The lowest BCUT2D eigenvalue weighted by Gasteiger charge is -2.17. The van der Waals surface area contributed by atoms with Crippen molar-refractivity contribution in [3.63, 3.8) is 0 Å². The number of anilines is 2. The van der Waals surface area contributed by atoms with Crippen molar-refractivity contribution in [1.82, 2.24) is 15.0 Å². The molecule has 0 aliphatic carbocycles. The molecular formula is C12H17N5OS. The van der Waals surface area contributed by atoms with E-state index < -0.39 is 0 Å². The second-order valence-electron chi connectivity index (χ2n) is 4.11. The summed E-state index contributed by atoms with van der Waals surface area (Å²) in [6, 6.07) is 3.57. The molecule has 0 saturated carbocycles. The van der Waals surface area contributed by atoms with E-state index in [2.05, 4.69) is 20.3 Å². The molecule has 0 radical (unpaired) electrons. The van der Waals surface area contributed by atoms with E-state index in [1.54, 1.807) is 24.0 Å². The smallest absolute Gasteiger partial charge is 0.222 e. The van der Waals surface area contributed by atoms with E-state index in [-0.39, 0.29) is 18.6 Å². The third-order valence-electron chi connectivity index (χ3n) is 2.70. The van der Waals surface area contributed by atoms with Gasteiger partial charge in [0.2, 0.25) is 5.95 Å². The molecule has 0 bridgehead atoms. The van der Waals surface area contributed by atoms with Crippen LogP contribution in [0.5, 0.6) is 0 Å². The lowest BCUT2D eigenvalue weighted by molar-refractivity contribution is 0.272. The maximum atomic E-state index is 9.39. The highest BCUT2D eigenvalue weighted by molar-refractivity contribution is 7.98. The van der Waals surface area contributed by atoms with E-state index in [0.29, 0.717) is 16.9 Å². The average molecular weight is 279 g/mol. The van der Waals surface area contributed by atoms with E-state index in [1.165, 1.54) is 0 Å². The number of pyridine rings is 1. The zero-order valence-electron chi connectivity index (χ0n) is 10.7. The summed E-state index contributed by atoms with van der Waals surface area (Å²) in [5, 5.41) is 12.6. The Morgan fingerprint density at radius 1 is 1.47 bits per heavy atom. The maximum absolute atomic E-state index is 9.39. The number of aliphatic hydroxyl groups excluding tert-OH is 1. The van der Waals surface area contributed by atoms with E-state index in [4.69, 9.17) is 5.73 Å². The summed E-state index contributed by atoms with van der Waals surface area (Å²) in [6.07, 6.45) is 4.56. The first kappa shape index (κ1) is 13.8. The second kappa shape index (κ2) is 6.53. The highest BCUT2D eigenvalue weighted by Gasteiger charge is 2.12. The zero-order chi connectivity index (χ0) is 13.7. The van der Waals surface area contributed by atoms with Crippen LogP contribution < -0.4 is 11.1 Å². The largest absolute Gasteiger partial charge is 0.394 e. The summed E-state index contributed by atoms with van der Waals surface area (Å²) in [5.41, 5.74) is 7.04. The molecule has 19 heavy (non-hydrogen) atoms. The van der Waals surface area contributed by atoms with Gasteiger partial charge in [-0.3, -0.25) is 4.98 Å². The van der Waals surface area contributed by atoms with Gasteiger partial charge in [-0.2, -0.15) is 16.7 Å². The van der Waals surface area contributed by atoms with Crippen molar-refractivity contribution in [2.75, 3.05) is 29.7 Å². The Bertz CT molecular complexity index is 551. The van der Waals surface area contributed by atoms with Crippen LogP contribution in [0.25, 0.3) is 11.0 Å². The van der Waals surface area contributed by atoms with E-state index in [0.717, 1.165) is 12.2 Å². The SMILES string of the molecule is CSCC[C@@H](CO)Nc1nc(N)nc2cccnc12. The van der Waals surface area contributed by atoms with Gasteiger partial charge in [-0.05, 0) is 30.6 Å². The molecular weight excluding hydrogens is 262 g/mol. The van der Waals surface area contributed by atoms with E-state index in [1.807, 2.05) is 12.3 Å². The number of nitrogen functional groups attached to an aromatic ring is 1. The average Bonchev–Trinajstić information content (AvgIpc) is 2.43. The van der Waals surface area contributed by atoms with Crippen LogP contribution in [0.2, 0.25) is 0 Å². The van der Waals surface area contributed by atoms with Crippen LogP contribution in [0.15, 0.2) is 18.3 Å². The van der Waals surface area contributed by atoms with Crippen molar-refractivity contribution in [2.24, 2.45) is 0 Å². The van der Waals surface area contributed by atoms with Gasteiger partial charge < -0.3 is 16.2 Å². The van der Waals surface area contributed by atoms with Gasteiger partial charge in [0.25, 0.3) is 0 Å². The summed E-state index contributed by atoms with van der Waals surface area (Å²) in [4.78, 5) is 12.6. The number of fused-ring (bicyclic) bond motifs is 1. The first-order valence-electron chi connectivity index (χ1n) is 5.99. The highest BCUT2D eigenvalue weighted by atomic mass is 32.2. The summed E-state index contributed by atoms with van der Waals surface area (Å²) in [5.74, 6) is 1.73. The van der Waals surface area contributed by atoms with Crippen LogP contribution in [0, 0.1) is 0 Å². The molecule has 2 heterocycles. The van der Waals surface area contributed by atoms with E-state index >= 15 is 0 Å². The van der Waals surface area contributed by atoms with Gasteiger partial charge in [-0.25, -0.2) is 4.98 Å². The number of rotatable bonds is 6. The summed E-state index contributed by atoms with van der Waals surface area (Å²) in [6.45, 7) is 0.0405. The molecule has 1 atom stereocenters. The minimum Gasteiger partial charge on any atom is -0.394 e. The molecule has 2 aromatic heterocycles. The quantitative estimate of drug-likeness (QED) is 0.729. The molecule has 0 aromatic carbocycles. The van der Waals surface area contributed by atoms with Crippen molar-refractivity contribution in [1.29, 1.82) is 0 Å². The Morgan fingerprint density at radius 3 is 3.05 bits per heavy atom. The number of hydrogen-bond acceptors (Lipinski definition) is 7. The molecule has 4 N–H and O–H groups in total. The van der Waals surface area contributed by atoms with Crippen LogP contribution in [0.3, 0.4) is 0 Å². The fourth-order valence-electron chi connectivity index (χ4n) is 1.75. The number of thioether (sulfide) groups is 1. The Kier molecular flexibility index (Phi) is 4.75. The van der Waals surface area contributed by atoms with Crippen molar-refractivity contribution in [2.45, 2.75) is 12.5 Å². The van der Waals surface area contributed by atoms with Gasteiger partial charge in [0.15, 0.2) is 5.82 Å². The molecule has 0 aliphatic heterocycles. The summed E-state index contributed by atoms with van der Waals surface area (Å²) < 4.78 is 0. The van der Waals surface area contributed by atoms with Crippen LogP contribution >= 0.6 is 11.8 Å². The number of aliphatic hydroxyl groups is 1. The molecule has 6 nitrogen and oxygen atoms in total. The lowest BCUT2D eigenvalue weighted by Crippen LogP contribution is -2.25. The van der Waals surface area contributed by atoms with Gasteiger partial charge in [0, 0.05) is 6.20 Å². The molecule has 2 aromatic rings. The third-order valence-corrected chi connectivity index (χ3v) is 3.35. The molecule has 0 aliphatic rings. The first-order valence-corrected chi connectivity index (χ1v) is 7.38. The van der Waals surface area contributed by atoms with E-state index in [9.17, 15) is 5.11 Å². The predicted molar refractivity (Wildman–Crippen MR) is 79.2 cm³/mol. The molecule has 0 fully saturated rings. The predicted octanol–water partition coefficient (Wildman–Crippen LogP) is 1.13. The number of nitrogens with zero attached hydrogens (tertiary/aromatic N) is 3. The summed E-state index contributed by atoms with van der Waals surface area (Å²) >= 11 is 1.74. The van der Waals surface area contributed by atoms with Crippen LogP contribution in [0.1, 0.15) is 6.42 Å². The van der Waals surface area contributed by atoms with Gasteiger partial charge in [-0.15, -0.1) is 0 Å². The normalized spacial score (nSPS) is 12.5. The molecule has 0 saturated heterocycles. The molecule has 102 valence electrons. The number of nitrogens with two attached hydrogens (primary N) is 1. The maximum Gasteiger partial charge on any atom is 0.222 e. The minimum atomic E-state index is -0.0630. The standard InChI is InChI=1S/C12H17N5OS/c1-19-6-4-8(7-18)15-11-10-9(3-2-5-14-10)16-12(13)17-11/h2-3,5,8,18H,4,6-7H2,1H3,(H3,13,15,16,17)/t8-/m0/s1. The summed E-state index contributed by atoms with van der Waals surface area (Å²) in [7, 11) is 0. The topological polar surface area (TPSA) is 97.0 Å². The number of nitrogens with one attached hydrogen (secondary N) is 1. The van der Waals surface area contributed by atoms with Crippen molar-refractivity contribution < 1.29 is 5.11 Å². The van der Waals surface area contributed by atoms with Crippen molar-refractivity contribution >= 4 is 34.6 Å². The minimum absolute atomic E-state index is 0.0405. The Hall–Kier alpha value is -1.60. The highest BCUT2D eigenvalue weighted by Crippen LogP contribution is 2.19. The molecule has 2 rings (SSSR count). The molecule has 0 spiro atoms.